The van der Waals surface area contributed by atoms with Gasteiger partial charge in [0.05, 0.1) is 0 Å². The van der Waals surface area contributed by atoms with E-state index in [1.54, 1.807) is 5.38 Å². The molecular formula is C19H24N4O2S. The van der Waals surface area contributed by atoms with Crippen LogP contribution in [-0.2, 0) is 0 Å². The number of carbonyl (C=O) groups is 2. The molecule has 0 radical (unpaired) electrons. The average molecular weight is 372 g/mol. The predicted octanol–water partition coefficient (Wildman–Crippen LogP) is 4.55. The number of amides is 3. The molecule has 0 aliphatic heterocycles. The zero-order chi connectivity index (χ0) is 18.4. The van der Waals surface area contributed by atoms with Crippen LogP contribution in [0.3, 0.4) is 0 Å². The second-order valence-electron chi connectivity index (χ2n) is 6.64. The van der Waals surface area contributed by atoms with Crippen molar-refractivity contribution >= 4 is 34.1 Å². The smallest absolute Gasteiger partial charge is 0.325 e. The largest absolute Gasteiger partial charge is 0.348 e. The molecule has 1 aromatic carbocycles. The summed E-state index contributed by atoms with van der Waals surface area (Å²) in [5.41, 5.74) is 2.18. The maximum absolute atomic E-state index is 12.4. The lowest BCUT2D eigenvalue weighted by atomic mass is 10.1. The summed E-state index contributed by atoms with van der Waals surface area (Å²) in [6, 6.07) is 7.38. The fraction of sp³-hybridized carbons (Fsp3) is 0.421. The molecule has 6 nitrogen and oxygen atoms in total. The molecule has 1 fully saturated rings. The third-order valence-electron chi connectivity index (χ3n) is 4.46. The van der Waals surface area contributed by atoms with Crippen LogP contribution in [0.15, 0.2) is 29.6 Å². The summed E-state index contributed by atoms with van der Waals surface area (Å²) in [4.78, 5) is 28.6. The first-order chi connectivity index (χ1) is 12.6. The first kappa shape index (κ1) is 18.4. The van der Waals surface area contributed by atoms with Crippen molar-refractivity contribution in [2.75, 3.05) is 10.6 Å². The molecule has 138 valence electrons. The molecular weight excluding hydrogens is 348 g/mol. The fourth-order valence-corrected chi connectivity index (χ4v) is 3.70. The molecule has 7 heteroatoms. The van der Waals surface area contributed by atoms with Gasteiger partial charge in [-0.1, -0.05) is 43.4 Å². The summed E-state index contributed by atoms with van der Waals surface area (Å²) in [5, 5.41) is 10.6. The number of anilines is 2. The van der Waals surface area contributed by atoms with E-state index < -0.39 is 0 Å². The number of hydrogen-bond donors (Lipinski definition) is 3. The van der Waals surface area contributed by atoms with Crippen molar-refractivity contribution in [1.29, 1.82) is 0 Å². The molecule has 0 bridgehead atoms. The van der Waals surface area contributed by atoms with Crippen LogP contribution in [0.2, 0.25) is 0 Å². The first-order valence-corrected chi connectivity index (χ1v) is 9.89. The van der Waals surface area contributed by atoms with Gasteiger partial charge in [0, 0.05) is 17.1 Å². The summed E-state index contributed by atoms with van der Waals surface area (Å²) in [6.07, 6.45) is 6.86. The molecule has 2 aromatic rings. The van der Waals surface area contributed by atoms with Crippen LogP contribution in [0, 0.1) is 6.92 Å². The molecule has 1 aromatic heterocycles. The molecule has 3 rings (SSSR count). The summed E-state index contributed by atoms with van der Waals surface area (Å²) >= 11 is 1.24. The number of rotatable bonds is 4. The van der Waals surface area contributed by atoms with Gasteiger partial charge in [0.1, 0.15) is 5.69 Å². The highest BCUT2D eigenvalue weighted by Gasteiger charge is 2.18. The predicted molar refractivity (Wildman–Crippen MR) is 105 cm³/mol. The third-order valence-corrected chi connectivity index (χ3v) is 5.21. The highest BCUT2D eigenvalue weighted by atomic mass is 32.1. The van der Waals surface area contributed by atoms with E-state index in [2.05, 4.69) is 20.9 Å². The molecule has 3 amide bonds. The van der Waals surface area contributed by atoms with Crippen LogP contribution in [0.25, 0.3) is 0 Å². The lowest BCUT2D eigenvalue weighted by Crippen LogP contribution is -2.34. The van der Waals surface area contributed by atoms with Crippen molar-refractivity contribution < 1.29 is 9.59 Å². The number of nitrogens with one attached hydrogen (secondary N) is 3. The normalized spacial score (nSPS) is 15.1. The van der Waals surface area contributed by atoms with E-state index in [1.807, 2.05) is 31.2 Å². The molecule has 26 heavy (non-hydrogen) atoms. The lowest BCUT2D eigenvalue weighted by molar-refractivity contribution is 0.0929. The number of hydrogen-bond acceptors (Lipinski definition) is 4. The van der Waals surface area contributed by atoms with E-state index in [9.17, 15) is 9.59 Å². The number of urea groups is 1. The van der Waals surface area contributed by atoms with E-state index in [1.165, 1.54) is 24.2 Å². The van der Waals surface area contributed by atoms with Crippen LogP contribution < -0.4 is 16.0 Å². The summed E-state index contributed by atoms with van der Waals surface area (Å²) in [6.45, 7) is 1.99. The molecule has 0 saturated heterocycles. The molecule has 0 spiro atoms. The molecule has 1 heterocycles. The summed E-state index contributed by atoms with van der Waals surface area (Å²) in [5.74, 6) is -0.167. The highest BCUT2D eigenvalue weighted by molar-refractivity contribution is 7.14. The molecule has 1 saturated carbocycles. The average Bonchev–Trinajstić information content (AvgIpc) is 2.93. The van der Waals surface area contributed by atoms with Gasteiger partial charge < -0.3 is 10.6 Å². The Kier molecular flexibility index (Phi) is 6.22. The molecule has 0 atom stereocenters. The molecule has 3 N–H and O–H groups in total. The van der Waals surface area contributed by atoms with Gasteiger partial charge in [0.2, 0.25) is 0 Å². The van der Waals surface area contributed by atoms with Gasteiger partial charge in [-0.05, 0) is 31.9 Å². The first-order valence-electron chi connectivity index (χ1n) is 9.01. The molecule has 1 aliphatic carbocycles. The number of aryl methyl sites for hydroxylation is 1. The second kappa shape index (κ2) is 8.80. The maximum atomic E-state index is 12.4. The highest BCUT2D eigenvalue weighted by Crippen LogP contribution is 2.19. The Balaban J connectivity index is 1.52. The Morgan fingerprint density at radius 2 is 1.73 bits per heavy atom. The van der Waals surface area contributed by atoms with Crippen molar-refractivity contribution in [1.82, 2.24) is 10.3 Å². The minimum atomic E-state index is -0.376. The van der Waals surface area contributed by atoms with Gasteiger partial charge in [-0.15, -0.1) is 11.3 Å². The second-order valence-corrected chi connectivity index (χ2v) is 7.50. The van der Waals surface area contributed by atoms with Gasteiger partial charge in [-0.2, -0.15) is 0 Å². The van der Waals surface area contributed by atoms with E-state index in [4.69, 9.17) is 0 Å². The number of carbonyl (C=O) groups excluding carboxylic acids is 2. The van der Waals surface area contributed by atoms with Crippen LogP contribution in [0.4, 0.5) is 15.6 Å². The monoisotopic (exact) mass is 372 g/mol. The fourth-order valence-electron chi connectivity index (χ4n) is 3.01. The SMILES string of the molecule is Cc1ccc(NC(=O)Nc2nc(C(=O)NC3CCCCCC3)cs2)cc1. The van der Waals surface area contributed by atoms with Gasteiger partial charge in [0.25, 0.3) is 5.91 Å². The topological polar surface area (TPSA) is 83.1 Å². The van der Waals surface area contributed by atoms with Crippen LogP contribution >= 0.6 is 11.3 Å². The van der Waals surface area contributed by atoms with E-state index >= 15 is 0 Å². The zero-order valence-corrected chi connectivity index (χ0v) is 15.7. The van der Waals surface area contributed by atoms with Crippen molar-refractivity contribution in [2.24, 2.45) is 0 Å². The number of aromatic nitrogens is 1. The van der Waals surface area contributed by atoms with Crippen molar-refractivity contribution in [2.45, 2.75) is 51.5 Å². The van der Waals surface area contributed by atoms with Gasteiger partial charge in [-0.25, -0.2) is 9.78 Å². The summed E-state index contributed by atoms with van der Waals surface area (Å²) < 4.78 is 0. The quantitative estimate of drug-likeness (QED) is 0.689. The van der Waals surface area contributed by atoms with Gasteiger partial charge >= 0.3 is 6.03 Å². The van der Waals surface area contributed by atoms with Gasteiger partial charge in [0.15, 0.2) is 5.13 Å². The number of thiazole rings is 1. The van der Waals surface area contributed by atoms with Crippen LogP contribution in [-0.4, -0.2) is 23.0 Å². The lowest BCUT2D eigenvalue weighted by Gasteiger charge is -2.15. The van der Waals surface area contributed by atoms with Crippen molar-refractivity contribution in [3.63, 3.8) is 0 Å². The molecule has 1 aliphatic rings. The maximum Gasteiger partial charge on any atom is 0.325 e. The minimum absolute atomic E-state index is 0.167. The van der Waals surface area contributed by atoms with E-state index in [0.29, 0.717) is 16.5 Å². The Morgan fingerprint density at radius 3 is 2.42 bits per heavy atom. The Labute approximate surface area is 157 Å². The van der Waals surface area contributed by atoms with Crippen molar-refractivity contribution in [3.8, 4) is 0 Å². The molecule has 0 unspecified atom stereocenters. The van der Waals surface area contributed by atoms with Crippen molar-refractivity contribution in [3.05, 3.63) is 40.9 Å². The minimum Gasteiger partial charge on any atom is -0.348 e. The Morgan fingerprint density at radius 1 is 1.04 bits per heavy atom. The van der Waals surface area contributed by atoms with E-state index in [-0.39, 0.29) is 18.0 Å². The zero-order valence-electron chi connectivity index (χ0n) is 14.9. The Bertz CT molecular complexity index is 749. The van der Waals surface area contributed by atoms with Crippen LogP contribution in [0.5, 0.6) is 0 Å². The van der Waals surface area contributed by atoms with E-state index in [0.717, 1.165) is 31.2 Å². The van der Waals surface area contributed by atoms with Gasteiger partial charge in [-0.3, -0.25) is 10.1 Å². The number of nitrogens with zero attached hydrogens (tertiary/aromatic N) is 1. The Hall–Kier alpha value is -2.41. The standard InChI is InChI=1S/C19H24N4O2S/c1-13-8-10-15(11-9-13)21-18(25)23-19-22-16(12-26-19)17(24)20-14-6-4-2-3-5-7-14/h8-12,14H,2-7H2,1H3,(H,20,24)(H2,21,22,23,25). The third kappa shape index (κ3) is 5.29. The van der Waals surface area contributed by atoms with Crippen LogP contribution in [0.1, 0.15) is 54.6 Å². The summed E-state index contributed by atoms with van der Waals surface area (Å²) in [7, 11) is 0. The number of benzene rings is 1.